The minimum atomic E-state index is 0.550. The van der Waals surface area contributed by atoms with Gasteiger partial charge in [-0.2, -0.15) is 0 Å². The van der Waals surface area contributed by atoms with Gasteiger partial charge in [-0.15, -0.1) is 0 Å². The van der Waals surface area contributed by atoms with Crippen molar-refractivity contribution in [3.05, 3.63) is 12.7 Å². The first kappa shape index (κ1) is 14.7. The van der Waals surface area contributed by atoms with Crippen LogP contribution in [0, 0.1) is 5.92 Å². The van der Waals surface area contributed by atoms with Gasteiger partial charge < -0.3 is 4.48 Å². The van der Waals surface area contributed by atoms with Crippen molar-refractivity contribution in [2.75, 3.05) is 13.6 Å². The Balaban J connectivity index is 4.94. The van der Waals surface area contributed by atoms with Crippen molar-refractivity contribution in [3.8, 4) is 0 Å². The first-order chi connectivity index (χ1) is 6.97. The molecule has 0 aromatic rings. The van der Waals surface area contributed by atoms with Crippen LogP contribution in [0.25, 0.3) is 0 Å². The summed E-state index contributed by atoms with van der Waals surface area (Å²) < 4.78 is 1.13. The van der Waals surface area contributed by atoms with Crippen LogP contribution in [0.5, 0.6) is 0 Å². The van der Waals surface area contributed by atoms with Crippen LogP contribution in [0.2, 0.25) is 0 Å². The predicted molar refractivity (Wildman–Crippen MR) is 69.9 cm³/mol. The summed E-state index contributed by atoms with van der Waals surface area (Å²) in [5.41, 5.74) is 0. The Morgan fingerprint density at radius 1 is 1.13 bits per heavy atom. The highest BCUT2D eigenvalue weighted by Gasteiger charge is 2.36. The number of likely N-dealkylation sites (N-methyl/N-ethyl adjacent to an activating group) is 1. The Morgan fingerprint density at radius 2 is 1.67 bits per heavy atom. The monoisotopic (exact) mass is 212 g/mol. The molecule has 0 aromatic heterocycles. The van der Waals surface area contributed by atoms with Crippen molar-refractivity contribution in [2.24, 2.45) is 5.92 Å². The number of quaternary nitrogens is 1. The molecule has 90 valence electrons. The lowest BCUT2D eigenvalue weighted by atomic mass is 9.92. The number of hydrogen-bond acceptors (Lipinski definition) is 0. The van der Waals surface area contributed by atoms with Crippen LogP contribution in [0.15, 0.2) is 12.7 Å². The van der Waals surface area contributed by atoms with Gasteiger partial charge in [0.1, 0.15) is 6.04 Å². The first-order valence-electron chi connectivity index (χ1n) is 6.45. The van der Waals surface area contributed by atoms with E-state index in [2.05, 4.69) is 54.3 Å². The molecule has 0 N–H and O–H groups in total. The molecule has 4 unspecified atom stereocenters. The molecule has 0 fully saturated rings. The van der Waals surface area contributed by atoms with Gasteiger partial charge >= 0.3 is 0 Å². The average Bonchev–Trinajstić information content (AvgIpc) is 2.27. The fourth-order valence-electron chi connectivity index (χ4n) is 2.74. The van der Waals surface area contributed by atoms with Crippen LogP contribution < -0.4 is 0 Å². The lowest BCUT2D eigenvalue weighted by molar-refractivity contribution is -0.950. The summed E-state index contributed by atoms with van der Waals surface area (Å²) >= 11 is 0. The molecule has 0 aliphatic carbocycles. The van der Waals surface area contributed by atoms with E-state index >= 15 is 0 Å². The molecule has 0 saturated carbocycles. The topological polar surface area (TPSA) is 0 Å². The maximum absolute atomic E-state index is 3.96. The Bertz CT molecular complexity index is 188. The number of hydrogen-bond donors (Lipinski definition) is 0. The standard InChI is InChI=1S/C14H30N/c1-8-12(5)14(10-3)15(7,11-4)13(6)9-2/h9,12-14H,2,8,10-11H2,1,3-7H3/q+1. The zero-order valence-corrected chi connectivity index (χ0v) is 11.6. The highest BCUT2D eigenvalue weighted by molar-refractivity contribution is 4.79. The molecule has 0 aliphatic heterocycles. The molecule has 1 heteroatoms. The van der Waals surface area contributed by atoms with Crippen LogP contribution in [0.1, 0.15) is 47.5 Å². The summed E-state index contributed by atoms with van der Waals surface area (Å²) in [6.07, 6.45) is 4.64. The smallest absolute Gasteiger partial charge is 0.105 e. The molecule has 4 atom stereocenters. The molecule has 1 nitrogen and oxygen atoms in total. The molecule has 0 radical (unpaired) electrons. The van der Waals surface area contributed by atoms with Gasteiger partial charge in [0.2, 0.25) is 0 Å². The van der Waals surface area contributed by atoms with E-state index in [9.17, 15) is 0 Å². The van der Waals surface area contributed by atoms with Crippen molar-refractivity contribution in [1.82, 2.24) is 0 Å². The highest BCUT2D eigenvalue weighted by Crippen LogP contribution is 2.27. The molecule has 0 amide bonds. The van der Waals surface area contributed by atoms with Crippen molar-refractivity contribution in [2.45, 2.75) is 59.5 Å². The van der Waals surface area contributed by atoms with Gasteiger partial charge in [0.05, 0.1) is 19.6 Å². The minimum Gasteiger partial charge on any atom is -0.318 e. The molecular formula is C14H30N+. The van der Waals surface area contributed by atoms with Crippen molar-refractivity contribution >= 4 is 0 Å². The molecule has 0 saturated heterocycles. The van der Waals surface area contributed by atoms with E-state index in [0.29, 0.717) is 6.04 Å². The maximum atomic E-state index is 3.96. The molecule has 0 rings (SSSR count). The van der Waals surface area contributed by atoms with E-state index in [-0.39, 0.29) is 0 Å². The Morgan fingerprint density at radius 3 is 1.93 bits per heavy atom. The van der Waals surface area contributed by atoms with E-state index < -0.39 is 0 Å². The fourth-order valence-corrected chi connectivity index (χ4v) is 2.74. The Labute approximate surface area is 96.8 Å². The van der Waals surface area contributed by atoms with Crippen LogP contribution in [-0.2, 0) is 0 Å². The Hall–Kier alpha value is -0.300. The van der Waals surface area contributed by atoms with Crippen molar-refractivity contribution in [1.29, 1.82) is 0 Å². The molecule has 0 heterocycles. The van der Waals surface area contributed by atoms with Gasteiger partial charge in [0.15, 0.2) is 0 Å². The predicted octanol–water partition coefficient (Wildman–Crippen LogP) is 3.85. The summed E-state index contributed by atoms with van der Waals surface area (Å²) in [7, 11) is 2.38. The van der Waals surface area contributed by atoms with E-state index in [1.54, 1.807) is 0 Å². The molecule has 0 aliphatic rings. The van der Waals surface area contributed by atoms with Crippen molar-refractivity contribution in [3.63, 3.8) is 0 Å². The maximum Gasteiger partial charge on any atom is 0.105 e. The minimum absolute atomic E-state index is 0.550. The van der Waals surface area contributed by atoms with E-state index in [4.69, 9.17) is 0 Å². The van der Waals surface area contributed by atoms with Crippen LogP contribution in [-0.4, -0.2) is 30.2 Å². The van der Waals surface area contributed by atoms with Gasteiger partial charge in [-0.1, -0.05) is 27.4 Å². The lowest BCUT2D eigenvalue weighted by Gasteiger charge is -2.46. The molecule has 0 spiro atoms. The molecular weight excluding hydrogens is 182 g/mol. The lowest BCUT2D eigenvalue weighted by Crippen LogP contribution is -2.58. The normalized spacial score (nSPS) is 21.5. The second kappa shape index (κ2) is 6.32. The van der Waals surface area contributed by atoms with Gasteiger partial charge in [0, 0.05) is 5.92 Å². The zero-order valence-electron chi connectivity index (χ0n) is 11.6. The van der Waals surface area contributed by atoms with Crippen LogP contribution in [0.4, 0.5) is 0 Å². The number of nitrogens with zero attached hydrogens (tertiary/aromatic N) is 1. The molecule has 15 heavy (non-hydrogen) atoms. The Kier molecular flexibility index (Phi) is 6.19. The summed E-state index contributed by atoms with van der Waals surface area (Å²) in [6.45, 7) is 16.7. The van der Waals surface area contributed by atoms with E-state index in [1.807, 2.05) is 0 Å². The third kappa shape index (κ3) is 3.07. The van der Waals surface area contributed by atoms with Crippen LogP contribution in [0.3, 0.4) is 0 Å². The fraction of sp³-hybridized carbons (Fsp3) is 0.857. The van der Waals surface area contributed by atoms with Gasteiger partial charge in [-0.3, -0.25) is 0 Å². The van der Waals surface area contributed by atoms with E-state index in [1.165, 1.54) is 19.4 Å². The third-order valence-corrected chi connectivity index (χ3v) is 4.43. The van der Waals surface area contributed by atoms with Gasteiger partial charge in [0.25, 0.3) is 0 Å². The van der Waals surface area contributed by atoms with E-state index in [0.717, 1.165) is 16.4 Å². The highest BCUT2D eigenvalue weighted by atomic mass is 15.4. The third-order valence-electron chi connectivity index (χ3n) is 4.43. The largest absolute Gasteiger partial charge is 0.318 e. The van der Waals surface area contributed by atoms with Crippen molar-refractivity contribution < 1.29 is 4.48 Å². The number of rotatable bonds is 7. The zero-order chi connectivity index (χ0) is 12.1. The average molecular weight is 212 g/mol. The van der Waals surface area contributed by atoms with Gasteiger partial charge in [-0.05, 0) is 32.8 Å². The molecule has 0 bridgehead atoms. The van der Waals surface area contributed by atoms with Gasteiger partial charge in [-0.25, -0.2) is 0 Å². The summed E-state index contributed by atoms with van der Waals surface area (Å²) in [5.74, 6) is 0.794. The summed E-state index contributed by atoms with van der Waals surface area (Å²) in [4.78, 5) is 0. The second-order valence-electron chi connectivity index (χ2n) is 5.00. The van der Waals surface area contributed by atoms with Crippen LogP contribution >= 0.6 is 0 Å². The quantitative estimate of drug-likeness (QED) is 0.444. The summed E-state index contributed by atoms with van der Waals surface area (Å²) in [5, 5.41) is 0. The SMILES string of the molecule is C=CC(C)[N+](C)(CC)C(CC)C(C)CC. The first-order valence-corrected chi connectivity index (χ1v) is 6.45. The molecule has 0 aromatic carbocycles. The second-order valence-corrected chi connectivity index (χ2v) is 5.00. The summed E-state index contributed by atoms with van der Waals surface area (Å²) in [6, 6.07) is 1.31.